The van der Waals surface area contributed by atoms with E-state index in [-0.39, 0.29) is 18.3 Å². The molecule has 2 N–H and O–H groups in total. The molecule has 4 heteroatoms. The monoisotopic (exact) mass is 258 g/mol. The van der Waals surface area contributed by atoms with Crippen LogP contribution in [0.5, 0.6) is 0 Å². The SMILES string of the molecule is CC(=O)CC(=O)O.CC1CCC(C(C)C)C(O)C1. The third kappa shape index (κ3) is 7.43. The minimum Gasteiger partial charge on any atom is -0.481 e. The highest BCUT2D eigenvalue weighted by Crippen LogP contribution is 2.33. The minimum atomic E-state index is -1.06. The average molecular weight is 258 g/mol. The van der Waals surface area contributed by atoms with Crippen LogP contribution in [0.25, 0.3) is 0 Å². The lowest BCUT2D eigenvalue weighted by Gasteiger charge is -2.33. The van der Waals surface area contributed by atoms with E-state index in [0.717, 1.165) is 12.3 Å². The Morgan fingerprint density at radius 1 is 1.28 bits per heavy atom. The molecular formula is C14H26O4. The quantitative estimate of drug-likeness (QED) is 0.763. The van der Waals surface area contributed by atoms with E-state index in [1.807, 2.05) is 0 Å². The average Bonchev–Trinajstić information content (AvgIpc) is 2.14. The summed E-state index contributed by atoms with van der Waals surface area (Å²) in [7, 11) is 0. The number of hydrogen-bond donors (Lipinski definition) is 2. The predicted octanol–water partition coefficient (Wildman–Crippen LogP) is 2.49. The van der Waals surface area contributed by atoms with Crippen LogP contribution in [0.4, 0.5) is 0 Å². The van der Waals surface area contributed by atoms with E-state index in [2.05, 4.69) is 20.8 Å². The van der Waals surface area contributed by atoms with E-state index >= 15 is 0 Å². The molecule has 1 aliphatic rings. The van der Waals surface area contributed by atoms with Gasteiger partial charge in [-0.2, -0.15) is 0 Å². The van der Waals surface area contributed by atoms with Crippen molar-refractivity contribution in [2.75, 3.05) is 0 Å². The molecule has 0 amide bonds. The fourth-order valence-electron chi connectivity index (χ4n) is 2.36. The van der Waals surface area contributed by atoms with Gasteiger partial charge in [0.05, 0.1) is 6.10 Å². The second-order valence-corrected chi connectivity index (χ2v) is 5.67. The maximum Gasteiger partial charge on any atom is 0.310 e. The van der Waals surface area contributed by atoms with Gasteiger partial charge in [0.25, 0.3) is 0 Å². The number of ketones is 1. The summed E-state index contributed by atoms with van der Waals surface area (Å²) < 4.78 is 0. The van der Waals surface area contributed by atoms with Gasteiger partial charge in [0.15, 0.2) is 0 Å². The summed E-state index contributed by atoms with van der Waals surface area (Å²) in [6.45, 7) is 7.90. The van der Waals surface area contributed by atoms with Crippen LogP contribution < -0.4 is 0 Å². The largest absolute Gasteiger partial charge is 0.481 e. The Labute approximate surface area is 109 Å². The maximum absolute atomic E-state index is 9.87. The highest BCUT2D eigenvalue weighted by Gasteiger charge is 2.28. The summed E-state index contributed by atoms with van der Waals surface area (Å²) in [5.74, 6) is 0.573. The first kappa shape index (κ1) is 17.1. The molecule has 0 bridgehead atoms. The molecule has 3 atom stereocenters. The Balaban J connectivity index is 0.000000360. The van der Waals surface area contributed by atoms with Crippen LogP contribution in [0, 0.1) is 17.8 Å². The van der Waals surface area contributed by atoms with Gasteiger partial charge in [-0.25, -0.2) is 0 Å². The lowest BCUT2D eigenvalue weighted by atomic mass is 9.75. The number of aliphatic carboxylic acids is 1. The van der Waals surface area contributed by atoms with E-state index < -0.39 is 5.97 Å². The molecule has 0 aromatic rings. The van der Waals surface area contributed by atoms with Gasteiger partial charge < -0.3 is 10.2 Å². The fraction of sp³-hybridized carbons (Fsp3) is 0.857. The van der Waals surface area contributed by atoms with E-state index in [0.29, 0.717) is 11.8 Å². The third-order valence-electron chi connectivity index (χ3n) is 3.39. The van der Waals surface area contributed by atoms with Gasteiger partial charge >= 0.3 is 5.97 Å². The Morgan fingerprint density at radius 3 is 2.11 bits per heavy atom. The van der Waals surface area contributed by atoms with Crippen molar-refractivity contribution in [1.29, 1.82) is 0 Å². The number of aliphatic hydroxyl groups is 1. The highest BCUT2D eigenvalue weighted by molar-refractivity contribution is 5.93. The van der Waals surface area contributed by atoms with Crippen molar-refractivity contribution in [3.8, 4) is 0 Å². The lowest BCUT2D eigenvalue weighted by Crippen LogP contribution is -2.31. The second kappa shape index (κ2) is 8.25. The van der Waals surface area contributed by atoms with Crippen LogP contribution >= 0.6 is 0 Å². The molecule has 3 unspecified atom stereocenters. The molecule has 0 spiro atoms. The zero-order chi connectivity index (χ0) is 14.3. The van der Waals surface area contributed by atoms with Crippen LogP contribution in [0.1, 0.15) is 53.4 Å². The van der Waals surface area contributed by atoms with Gasteiger partial charge in [-0.15, -0.1) is 0 Å². The summed E-state index contributed by atoms with van der Waals surface area (Å²) >= 11 is 0. The number of rotatable bonds is 3. The summed E-state index contributed by atoms with van der Waals surface area (Å²) in [4.78, 5) is 19.5. The molecule has 0 heterocycles. The number of aliphatic hydroxyl groups excluding tert-OH is 1. The molecule has 106 valence electrons. The van der Waals surface area contributed by atoms with Gasteiger partial charge in [0, 0.05) is 0 Å². The van der Waals surface area contributed by atoms with Crippen LogP contribution in [0.2, 0.25) is 0 Å². The van der Waals surface area contributed by atoms with Crippen LogP contribution in [0.3, 0.4) is 0 Å². The molecule has 1 fully saturated rings. The van der Waals surface area contributed by atoms with Crippen molar-refractivity contribution in [3.05, 3.63) is 0 Å². The fourth-order valence-corrected chi connectivity index (χ4v) is 2.36. The summed E-state index contributed by atoms with van der Waals surface area (Å²) in [5, 5.41) is 17.6. The van der Waals surface area contributed by atoms with Gasteiger partial charge in [0.2, 0.25) is 0 Å². The highest BCUT2D eigenvalue weighted by atomic mass is 16.4. The Bertz CT molecular complexity index is 261. The second-order valence-electron chi connectivity index (χ2n) is 5.67. The molecule has 0 saturated heterocycles. The Kier molecular flexibility index (Phi) is 7.83. The Morgan fingerprint density at radius 2 is 1.83 bits per heavy atom. The molecule has 1 aliphatic carbocycles. The molecule has 0 aromatic heterocycles. The lowest BCUT2D eigenvalue weighted by molar-refractivity contribution is -0.139. The molecule has 0 aromatic carbocycles. The predicted molar refractivity (Wildman–Crippen MR) is 70.3 cm³/mol. The number of hydrogen-bond acceptors (Lipinski definition) is 3. The number of Topliss-reactive ketones (excluding diaryl/α,β-unsaturated/α-hetero) is 1. The minimum absolute atomic E-state index is 0.0289. The number of carbonyl (C=O) groups is 2. The maximum atomic E-state index is 9.87. The first-order valence-electron chi connectivity index (χ1n) is 6.63. The van der Waals surface area contributed by atoms with Gasteiger partial charge in [0.1, 0.15) is 12.2 Å². The standard InChI is InChI=1S/C10H20O.C4H6O3/c1-7(2)9-5-4-8(3)6-10(9)11;1-3(5)2-4(6)7/h7-11H,4-6H2,1-3H3;2H2,1H3,(H,6,7). The van der Waals surface area contributed by atoms with Crippen LogP contribution in [0.15, 0.2) is 0 Å². The normalized spacial score (nSPS) is 27.3. The van der Waals surface area contributed by atoms with Crippen LogP contribution in [-0.4, -0.2) is 28.1 Å². The Hall–Kier alpha value is -0.900. The zero-order valence-corrected chi connectivity index (χ0v) is 11.8. The van der Waals surface area contributed by atoms with Crippen LogP contribution in [-0.2, 0) is 9.59 Å². The van der Waals surface area contributed by atoms with Crippen molar-refractivity contribution in [2.24, 2.45) is 17.8 Å². The summed E-state index contributed by atoms with van der Waals surface area (Å²) in [6, 6.07) is 0. The van der Waals surface area contributed by atoms with Crippen molar-refractivity contribution in [1.82, 2.24) is 0 Å². The van der Waals surface area contributed by atoms with Crippen molar-refractivity contribution in [3.63, 3.8) is 0 Å². The zero-order valence-electron chi connectivity index (χ0n) is 11.8. The molecule has 1 saturated carbocycles. The smallest absolute Gasteiger partial charge is 0.310 e. The van der Waals surface area contributed by atoms with E-state index in [9.17, 15) is 14.7 Å². The molecule has 18 heavy (non-hydrogen) atoms. The number of carbonyl (C=O) groups excluding carboxylic acids is 1. The van der Waals surface area contributed by atoms with Crippen molar-refractivity contribution >= 4 is 11.8 Å². The molecule has 0 radical (unpaired) electrons. The van der Waals surface area contributed by atoms with Crippen molar-refractivity contribution in [2.45, 2.75) is 59.5 Å². The van der Waals surface area contributed by atoms with E-state index in [4.69, 9.17) is 5.11 Å². The van der Waals surface area contributed by atoms with E-state index in [1.54, 1.807) is 0 Å². The molecule has 1 rings (SSSR count). The number of carboxylic acid groups (broad SMARTS) is 1. The molecular weight excluding hydrogens is 232 g/mol. The first-order chi connectivity index (χ1) is 8.23. The third-order valence-corrected chi connectivity index (χ3v) is 3.39. The van der Waals surface area contributed by atoms with E-state index in [1.165, 1.54) is 19.8 Å². The van der Waals surface area contributed by atoms with Crippen molar-refractivity contribution < 1.29 is 19.8 Å². The summed E-state index contributed by atoms with van der Waals surface area (Å²) in [5.41, 5.74) is 0. The van der Waals surface area contributed by atoms with Gasteiger partial charge in [-0.05, 0) is 37.5 Å². The van der Waals surface area contributed by atoms with Gasteiger partial charge in [-0.1, -0.05) is 27.2 Å². The molecule has 0 aliphatic heterocycles. The topological polar surface area (TPSA) is 74.6 Å². The number of carboxylic acids is 1. The molecule has 4 nitrogen and oxygen atoms in total. The first-order valence-corrected chi connectivity index (χ1v) is 6.63. The van der Waals surface area contributed by atoms with Gasteiger partial charge in [-0.3, -0.25) is 9.59 Å². The summed E-state index contributed by atoms with van der Waals surface area (Å²) in [6.07, 6.45) is 3.15.